The standard InChI is InChI=1S/C16H22BrN3/c1-4-13-15(17)14(20(3)19-13)11-16(2,18)10-12-8-6-5-7-9-12/h5-9H,4,10-11,18H2,1-3H3. The van der Waals surface area contributed by atoms with E-state index in [-0.39, 0.29) is 5.54 Å². The number of aromatic nitrogens is 2. The number of aryl methyl sites for hydroxylation is 2. The Labute approximate surface area is 129 Å². The maximum atomic E-state index is 6.51. The van der Waals surface area contributed by atoms with E-state index in [4.69, 9.17) is 5.73 Å². The fourth-order valence-corrected chi connectivity index (χ4v) is 3.28. The molecule has 4 heteroatoms. The van der Waals surface area contributed by atoms with Crippen molar-refractivity contribution in [3.8, 4) is 0 Å². The SMILES string of the molecule is CCc1nn(C)c(CC(C)(N)Cc2ccccc2)c1Br. The third-order valence-corrected chi connectivity index (χ3v) is 4.44. The van der Waals surface area contributed by atoms with Crippen LogP contribution in [0.25, 0.3) is 0 Å². The molecule has 0 saturated carbocycles. The number of rotatable bonds is 5. The van der Waals surface area contributed by atoms with E-state index in [1.54, 1.807) is 0 Å². The summed E-state index contributed by atoms with van der Waals surface area (Å²) in [5.74, 6) is 0. The van der Waals surface area contributed by atoms with Crippen LogP contribution >= 0.6 is 15.9 Å². The summed E-state index contributed by atoms with van der Waals surface area (Å²) in [6, 6.07) is 10.4. The molecule has 2 rings (SSSR count). The van der Waals surface area contributed by atoms with Crippen molar-refractivity contribution in [2.45, 2.75) is 38.6 Å². The topological polar surface area (TPSA) is 43.8 Å². The molecular formula is C16H22BrN3. The zero-order valence-corrected chi connectivity index (χ0v) is 13.9. The van der Waals surface area contributed by atoms with E-state index >= 15 is 0 Å². The van der Waals surface area contributed by atoms with Crippen molar-refractivity contribution in [3.05, 3.63) is 51.8 Å². The Balaban J connectivity index is 2.18. The van der Waals surface area contributed by atoms with Crippen molar-refractivity contribution in [3.63, 3.8) is 0 Å². The lowest BCUT2D eigenvalue weighted by Crippen LogP contribution is -2.41. The molecule has 0 saturated heterocycles. The fourth-order valence-electron chi connectivity index (χ4n) is 2.52. The normalized spacial score (nSPS) is 14.2. The Bertz CT molecular complexity index is 573. The first-order chi connectivity index (χ1) is 9.43. The van der Waals surface area contributed by atoms with Crippen molar-refractivity contribution >= 4 is 15.9 Å². The van der Waals surface area contributed by atoms with Gasteiger partial charge in [-0.25, -0.2) is 0 Å². The molecule has 0 amide bonds. The molecule has 0 aliphatic rings. The second-order valence-electron chi connectivity index (χ2n) is 5.68. The quantitative estimate of drug-likeness (QED) is 0.911. The summed E-state index contributed by atoms with van der Waals surface area (Å²) in [5.41, 5.74) is 9.75. The molecule has 1 aromatic heterocycles. The first kappa shape index (κ1) is 15.3. The largest absolute Gasteiger partial charge is 0.325 e. The van der Waals surface area contributed by atoms with Crippen molar-refractivity contribution < 1.29 is 0 Å². The smallest absolute Gasteiger partial charge is 0.0766 e. The van der Waals surface area contributed by atoms with Gasteiger partial charge in [0.1, 0.15) is 0 Å². The van der Waals surface area contributed by atoms with Crippen LogP contribution in [0.3, 0.4) is 0 Å². The van der Waals surface area contributed by atoms with Gasteiger partial charge in [-0.05, 0) is 41.3 Å². The van der Waals surface area contributed by atoms with Gasteiger partial charge in [0.25, 0.3) is 0 Å². The number of benzene rings is 1. The minimum Gasteiger partial charge on any atom is -0.325 e. The van der Waals surface area contributed by atoms with E-state index in [1.165, 1.54) is 11.3 Å². The van der Waals surface area contributed by atoms with Gasteiger partial charge in [0.05, 0.1) is 15.9 Å². The highest BCUT2D eigenvalue weighted by atomic mass is 79.9. The van der Waals surface area contributed by atoms with Gasteiger partial charge in [-0.2, -0.15) is 5.10 Å². The van der Waals surface area contributed by atoms with Crippen molar-refractivity contribution in [1.82, 2.24) is 9.78 Å². The van der Waals surface area contributed by atoms with E-state index in [9.17, 15) is 0 Å². The molecule has 2 N–H and O–H groups in total. The summed E-state index contributed by atoms with van der Waals surface area (Å²) in [6.45, 7) is 4.22. The van der Waals surface area contributed by atoms with Gasteiger partial charge >= 0.3 is 0 Å². The van der Waals surface area contributed by atoms with E-state index in [0.717, 1.165) is 29.4 Å². The summed E-state index contributed by atoms with van der Waals surface area (Å²) in [7, 11) is 1.98. The summed E-state index contributed by atoms with van der Waals surface area (Å²) < 4.78 is 3.05. The summed E-state index contributed by atoms with van der Waals surface area (Å²) in [5, 5.41) is 4.53. The number of nitrogens with two attached hydrogens (primary N) is 1. The molecule has 1 aromatic carbocycles. The predicted molar refractivity (Wildman–Crippen MR) is 86.7 cm³/mol. The summed E-state index contributed by atoms with van der Waals surface area (Å²) >= 11 is 3.66. The number of hydrogen-bond donors (Lipinski definition) is 1. The summed E-state index contributed by atoms with van der Waals surface area (Å²) in [4.78, 5) is 0. The lowest BCUT2D eigenvalue weighted by molar-refractivity contribution is 0.447. The maximum Gasteiger partial charge on any atom is 0.0766 e. The molecule has 2 aromatic rings. The molecule has 0 aliphatic heterocycles. The zero-order valence-electron chi connectivity index (χ0n) is 12.4. The van der Waals surface area contributed by atoms with Crippen LogP contribution < -0.4 is 5.73 Å². The van der Waals surface area contributed by atoms with Crippen LogP contribution in [0, 0.1) is 0 Å². The van der Waals surface area contributed by atoms with Crippen LogP contribution in [0.5, 0.6) is 0 Å². The number of nitrogens with zero attached hydrogens (tertiary/aromatic N) is 2. The molecule has 1 heterocycles. The van der Waals surface area contributed by atoms with Gasteiger partial charge in [-0.1, -0.05) is 37.3 Å². The van der Waals surface area contributed by atoms with Crippen molar-refractivity contribution in [2.75, 3.05) is 0 Å². The van der Waals surface area contributed by atoms with Crippen LogP contribution in [0.1, 0.15) is 30.8 Å². The van der Waals surface area contributed by atoms with Crippen LogP contribution in [0.4, 0.5) is 0 Å². The molecule has 20 heavy (non-hydrogen) atoms. The Hall–Kier alpha value is -1.13. The molecule has 0 radical (unpaired) electrons. The van der Waals surface area contributed by atoms with Crippen molar-refractivity contribution in [1.29, 1.82) is 0 Å². The Kier molecular flexibility index (Phi) is 4.66. The van der Waals surface area contributed by atoms with Crippen LogP contribution in [-0.4, -0.2) is 15.3 Å². The molecule has 0 bridgehead atoms. The second-order valence-corrected chi connectivity index (χ2v) is 6.47. The van der Waals surface area contributed by atoms with Crippen LogP contribution in [0.2, 0.25) is 0 Å². The third-order valence-electron chi connectivity index (χ3n) is 3.53. The zero-order chi connectivity index (χ0) is 14.8. The molecule has 1 atom stereocenters. The summed E-state index contributed by atoms with van der Waals surface area (Å²) in [6.07, 6.45) is 2.58. The second kappa shape index (κ2) is 6.10. The average molecular weight is 336 g/mol. The molecule has 3 nitrogen and oxygen atoms in total. The molecule has 0 fully saturated rings. The third kappa shape index (κ3) is 3.49. The molecular weight excluding hydrogens is 314 g/mol. The Morgan fingerprint density at radius 3 is 2.45 bits per heavy atom. The highest BCUT2D eigenvalue weighted by molar-refractivity contribution is 9.10. The molecule has 0 aliphatic carbocycles. The van der Waals surface area contributed by atoms with Crippen LogP contribution in [-0.2, 0) is 26.3 Å². The van der Waals surface area contributed by atoms with Gasteiger partial charge < -0.3 is 5.73 Å². The molecule has 0 spiro atoms. The number of hydrogen-bond acceptors (Lipinski definition) is 2. The monoisotopic (exact) mass is 335 g/mol. The first-order valence-electron chi connectivity index (χ1n) is 6.96. The first-order valence-corrected chi connectivity index (χ1v) is 7.75. The van der Waals surface area contributed by atoms with Gasteiger partial charge in [0, 0.05) is 19.0 Å². The van der Waals surface area contributed by atoms with Gasteiger partial charge in [0.15, 0.2) is 0 Å². The van der Waals surface area contributed by atoms with Gasteiger partial charge in [-0.3, -0.25) is 4.68 Å². The average Bonchev–Trinajstić information content (AvgIpc) is 2.66. The predicted octanol–water partition coefficient (Wildman–Crippen LogP) is 3.25. The van der Waals surface area contributed by atoms with Gasteiger partial charge in [0.2, 0.25) is 0 Å². The minimum atomic E-state index is -0.289. The fraction of sp³-hybridized carbons (Fsp3) is 0.438. The highest BCUT2D eigenvalue weighted by Crippen LogP contribution is 2.26. The Morgan fingerprint density at radius 1 is 1.25 bits per heavy atom. The molecule has 1 unspecified atom stereocenters. The lowest BCUT2D eigenvalue weighted by Gasteiger charge is -2.25. The van der Waals surface area contributed by atoms with Crippen molar-refractivity contribution in [2.24, 2.45) is 12.8 Å². The molecule has 108 valence electrons. The minimum absolute atomic E-state index is 0.289. The van der Waals surface area contributed by atoms with E-state index < -0.39 is 0 Å². The van der Waals surface area contributed by atoms with E-state index in [0.29, 0.717) is 0 Å². The lowest BCUT2D eigenvalue weighted by atomic mass is 9.89. The number of halogens is 1. The highest BCUT2D eigenvalue weighted by Gasteiger charge is 2.24. The Morgan fingerprint density at radius 2 is 1.90 bits per heavy atom. The van der Waals surface area contributed by atoms with Crippen LogP contribution in [0.15, 0.2) is 34.8 Å². The van der Waals surface area contributed by atoms with Gasteiger partial charge in [-0.15, -0.1) is 0 Å². The maximum absolute atomic E-state index is 6.51. The van der Waals surface area contributed by atoms with E-state index in [1.807, 2.05) is 17.8 Å². The van der Waals surface area contributed by atoms with E-state index in [2.05, 4.69) is 59.1 Å².